The first-order valence-electron chi connectivity index (χ1n) is 5.36. The summed E-state index contributed by atoms with van der Waals surface area (Å²) in [7, 11) is 0. The van der Waals surface area contributed by atoms with Gasteiger partial charge in [0.15, 0.2) is 0 Å². The van der Waals surface area contributed by atoms with Gasteiger partial charge in [0.2, 0.25) is 0 Å². The molecule has 0 saturated heterocycles. The topological polar surface area (TPSA) is 38.3 Å². The second kappa shape index (κ2) is 6.77. The molecule has 1 atom stereocenters. The largest absolute Gasteiger partial charge is 0.460 e. The first-order valence-corrected chi connectivity index (χ1v) is 5.36. The van der Waals surface area contributed by atoms with Gasteiger partial charge in [-0.05, 0) is 40.7 Å². The summed E-state index contributed by atoms with van der Waals surface area (Å²) in [6.07, 6.45) is 0.808. The van der Waals surface area contributed by atoms with Gasteiger partial charge in [-0.1, -0.05) is 0 Å². The van der Waals surface area contributed by atoms with E-state index >= 15 is 0 Å². The van der Waals surface area contributed by atoms with E-state index in [1.54, 1.807) is 0 Å². The predicted molar refractivity (Wildman–Crippen MR) is 58.5 cm³/mol. The number of nitrogens with one attached hydrogen (secondary N) is 1. The van der Waals surface area contributed by atoms with E-state index < -0.39 is 5.60 Å². The molecule has 0 aliphatic rings. The Morgan fingerprint density at radius 2 is 2.07 bits per heavy atom. The normalized spacial score (nSPS) is 13.7. The minimum atomic E-state index is -0.435. The van der Waals surface area contributed by atoms with Gasteiger partial charge in [-0.15, -0.1) is 0 Å². The molecule has 0 radical (unpaired) electrons. The Morgan fingerprint density at radius 1 is 1.47 bits per heavy atom. The zero-order valence-corrected chi connectivity index (χ0v) is 10.1. The number of carbonyl (C=O) groups excluding carboxylic acids is 1. The molecule has 1 N–H and O–H groups in total. The van der Waals surface area contributed by atoms with Gasteiger partial charge < -0.3 is 10.1 Å². The first-order chi connectivity index (χ1) is 6.85. The van der Waals surface area contributed by atoms with Crippen LogP contribution in [0, 0.1) is 0 Å². The van der Waals surface area contributed by atoms with Crippen LogP contribution in [0.2, 0.25) is 0 Å². The van der Waals surface area contributed by atoms with Crippen molar-refractivity contribution in [2.75, 3.05) is 13.2 Å². The first kappa shape index (κ1) is 14.4. The molecule has 15 heavy (non-hydrogen) atoms. The maximum atomic E-state index is 11.8. The quantitative estimate of drug-likeness (QED) is 0.549. The summed E-state index contributed by atoms with van der Waals surface area (Å²) in [5.74, 6) is -0.220. The number of halogens is 1. The fourth-order valence-electron chi connectivity index (χ4n) is 1.12. The molecule has 0 aliphatic heterocycles. The molecular weight excluding hydrogens is 197 g/mol. The summed E-state index contributed by atoms with van der Waals surface area (Å²) in [5, 5.41) is 3.06. The van der Waals surface area contributed by atoms with Crippen molar-refractivity contribution in [3.8, 4) is 0 Å². The number of alkyl halides is 1. The van der Waals surface area contributed by atoms with Gasteiger partial charge in [-0.25, -0.2) is 0 Å². The summed E-state index contributed by atoms with van der Waals surface area (Å²) in [4.78, 5) is 11.4. The van der Waals surface area contributed by atoms with Gasteiger partial charge in [0, 0.05) is 6.04 Å². The number of rotatable bonds is 6. The molecule has 0 saturated carbocycles. The second-order valence-electron chi connectivity index (χ2n) is 4.69. The van der Waals surface area contributed by atoms with Crippen molar-refractivity contribution in [2.24, 2.45) is 0 Å². The van der Waals surface area contributed by atoms with Crippen molar-refractivity contribution >= 4 is 5.97 Å². The van der Waals surface area contributed by atoms with Crippen LogP contribution < -0.4 is 5.32 Å². The van der Waals surface area contributed by atoms with E-state index in [0.29, 0.717) is 19.4 Å². The average molecular weight is 219 g/mol. The van der Waals surface area contributed by atoms with Gasteiger partial charge in [0.25, 0.3) is 0 Å². The molecule has 1 unspecified atom stereocenters. The smallest absolute Gasteiger partial charge is 0.307 e. The van der Waals surface area contributed by atoms with E-state index in [2.05, 4.69) is 5.32 Å². The van der Waals surface area contributed by atoms with Gasteiger partial charge in [0.05, 0.1) is 13.1 Å². The van der Waals surface area contributed by atoms with Crippen LogP contribution >= 0.6 is 0 Å². The Bertz CT molecular complexity index is 190. The predicted octanol–water partition coefficient (Wildman–Crippen LogP) is 2.06. The summed E-state index contributed by atoms with van der Waals surface area (Å²) in [6, 6.07) is 0.0337. The minimum Gasteiger partial charge on any atom is -0.460 e. The molecule has 0 bridgehead atoms. The lowest BCUT2D eigenvalue weighted by molar-refractivity contribution is -0.155. The summed E-state index contributed by atoms with van der Waals surface area (Å²) < 4.78 is 17.0. The average Bonchev–Trinajstić information content (AvgIpc) is 2.00. The highest BCUT2D eigenvalue weighted by atomic mass is 19.1. The highest BCUT2D eigenvalue weighted by Crippen LogP contribution is 2.09. The molecule has 90 valence electrons. The Balaban J connectivity index is 3.67. The fourth-order valence-corrected chi connectivity index (χ4v) is 1.12. The van der Waals surface area contributed by atoms with Crippen LogP contribution in [0.4, 0.5) is 4.39 Å². The van der Waals surface area contributed by atoms with E-state index in [9.17, 15) is 9.18 Å². The van der Waals surface area contributed by atoms with Crippen LogP contribution in [0.1, 0.15) is 40.5 Å². The van der Waals surface area contributed by atoms with Crippen LogP contribution in [0.15, 0.2) is 0 Å². The van der Waals surface area contributed by atoms with Crippen molar-refractivity contribution in [1.29, 1.82) is 0 Å². The highest BCUT2D eigenvalue weighted by Gasteiger charge is 2.17. The van der Waals surface area contributed by atoms with Crippen molar-refractivity contribution in [3.05, 3.63) is 0 Å². The standard InChI is InChI=1S/C11H22FNO2/c1-9(13-7-5-6-12)8-10(14)15-11(2,3)4/h9,13H,5-8H2,1-4H3. The molecule has 0 aliphatic carbocycles. The molecule has 0 heterocycles. The third-order valence-electron chi connectivity index (χ3n) is 1.70. The molecule has 0 aromatic rings. The van der Waals surface area contributed by atoms with Gasteiger partial charge in [-0.3, -0.25) is 9.18 Å². The summed E-state index contributed by atoms with van der Waals surface area (Å²) >= 11 is 0. The number of ether oxygens (including phenoxy) is 1. The van der Waals surface area contributed by atoms with E-state index in [-0.39, 0.29) is 18.7 Å². The number of carbonyl (C=O) groups is 1. The number of hydrogen-bond acceptors (Lipinski definition) is 3. The Kier molecular flexibility index (Phi) is 6.48. The monoisotopic (exact) mass is 219 g/mol. The SMILES string of the molecule is CC(CC(=O)OC(C)(C)C)NCCCF. The van der Waals surface area contributed by atoms with E-state index in [0.717, 1.165) is 0 Å². The molecule has 0 spiro atoms. The molecule has 0 aromatic carbocycles. The van der Waals surface area contributed by atoms with Crippen LogP contribution in [-0.2, 0) is 9.53 Å². The summed E-state index contributed by atoms with van der Waals surface area (Å²) in [5.41, 5.74) is -0.435. The lowest BCUT2D eigenvalue weighted by atomic mass is 10.2. The van der Waals surface area contributed by atoms with Gasteiger partial charge in [-0.2, -0.15) is 0 Å². The van der Waals surface area contributed by atoms with E-state index in [4.69, 9.17) is 4.74 Å². The third-order valence-corrected chi connectivity index (χ3v) is 1.70. The molecule has 0 rings (SSSR count). The minimum absolute atomic E-state index is 0.0337. The van der Waals surface area contributed by atoms with Crippen molar-refractivity contribution in [2.45, 2.75) is 52.2 Å². The maximum absolute atomic E-state index is 11.8. The molecule has 3 nitrogen and oxygen atoms in total. The van der Waals surface area contributed by atoms with Crippen LogP contribution in [0.3, 0.4) is 0 Å². The molecule has 0 aromatic heterocycles. The van der Waals surface area contributed by atoms with Gasteiger partial charge >= 0.3 is 5.97 Å². The third kappa shape index (κ3) is 9.66. The highest BCUT2D eigenvalue weighted by molar-refractivity contribution is 5.70. The fraction of sp³-hybridized carbons (Fsp3) is 0.909. The Morgan fingerprint density at radius 3 is 2.53 bits per heavy atom. The van der Waals surface area contributed by atoms with Gasteiger partial charge in [0.1, 0.15) is 5.60 Å². The zero-order chi connectivity index (χ0) is 11.9. The Hall–Kier alpha value is -0.640. The van der Waals surface area contributed by atoms with Crippen molar-refractivity contribution < 1.29 is 13.9 Å². The molecule has 0 fully saturated rings. The lowest BCUT2D eigenvalue weighted by Gasteiger charge is -2.21. The summed E-state index contributed by atoms with van der Waals surface area (Å²) in [6.45, 7) is 7.68. The Labute approximate surface area is 91.4 Å². The van der Waals surface area contributed by atoms with Crippen molar-refractivity contribution in [1.82, 2.24) is 5.32 Å². The maximum Gasteiger partial charge on any atom is 0.307 e. The number of esters is 1. The molecule has 0 amide bonds. The van der Waals surface area contributed by atoms with Crippen LogP contribution in [0.25, 0.3) is 0 Å². The second-order valence-corrected chi connectivity index (χ2v) is 4.69. The molecule has 4 heteroatoms. The van der Waals surface area contributed by atoms with E-state index in [1.807, 2.05) is 27.7 Å². The van der Waals surface area contributed by atoms with Crippen LogP contribution in [0.5, 0.6) is 0 Å². The van der Waals surface area contributed by atoms with Crippen LogP contribution in [-0.4, -0.2) is 30.8 Å². The molecular formula is C11H22FNO2. The zero-order valence-electron chi connectivity index (χ0n) is 10.1. The number of hydrogen-bond donors (Lipinski definition) is 1. The van der Waals surface area contributed by atoms with Crippen molar-refractivity contribution in [3.63, 3.8) is 0 Å². The lowest BCUT2D eigenvalue weighted by Crippen LogP contribution is -2.32. The van der Waals surface area contributed by atoms with E-state index in [1.165, 1.54) is 0 Å².